The number of rotatable bonds is 6. The Hall–Kier alpha value is -0.610. The van der Waals surface area contributed by atoms with Gasteiger partial charge in [0.2, 0.25) is 0 Å². The second-order valence-corrected chi connectivity index (χ2v) is 3.67. The lowest BCUT2D eigenvalue weighted by Crippen LogP contribution is -2.17. The average molecular weight is 230 g/mol. The summed E-state index contributed by atoms with van der Waals surface area (Å²) in [7, 11) is 1.65. The molecule has 0 aliphatic carbocycles. The van der Waals surface area contributed by atoms with Crippen molar-refractivity contribution in [1.82, 2.24) is 5.48 Å². The predicted molar refractivity (Wildman–Crippen MR) is 60.9 cm³/mol. The Morgan fingerprint density at radius 2 is 2.13 bits per heavy atom. The van der Waals surface area contributed by atoms with E-state index in [0.717, 1.165) is 10.6 Å². The van der Waals surface area contributed by atoms with Gasteiger partial charge in [-0.25, -0.2) is 0 Å². The van der Waals surface area contributed by atoms with Crippen molar-refractivity contribution in [2.75, 3.05) is 20.3 Å². The molecule has 1 rings (SSSR count). The highest BCUT2D eigenvalue weighted by molar-refractivity contribution is 6.30. The van der Waals surface area contributed by atoms with E-state index in [2.05, 4.69) is 5.48 Å². The van der Waals surface area contributed by atoms with Crippen LogP contribution in [-0.4, -0.2) is 20.3 Å². The van der Waals surface area contributed by atoms with Crippen molar-refractivity contribution in [2.24, 2.45) is 0 Å². The molecule has 1 aromatic rings. The van der Waals surface area contributed by atoms with Gasteiger partial charge in [-0.05, 0) is 30.2 Å². The van der Waals surface area contributed by atoms with Crippen LogP contribution in [-0.2, 0) is 16.1 Å². The van der Waals surface area contributed by atoms with Gasteiger partial charge in [-0.2, -0.15) is 5.48 Å². The van der Waals surface area contributed by atoms with Gasteiger partial charge in [0.1, 0.15) is 0 Å². The lowest BCUT2D eigenvalue weighted by Gasteiger charge is -2.08. The van der Waals surface area contributed by atoms with Gasteiger partial charge in [0.05, 0.1) is 13.2 Å². The van der Waals surface area contributed by atoms with Gasteiger partial charge in [-0.1, -0.05) is 17.7 Å². The van der Waals surface area contributed by atoms with Gasteiger partial charge >= 0.3 is 0 Å². The zero-order valence-electron chi connectivity index (χ0n) is 9.05. The van der Waals surface area contributed by atoms with Gasteiger partial charge < -0.3 is 4.74 Å². The third kappa shape index (κ3) is 4.62. The lowest BCUT2D eigenvalue weighted by molar-refractivity contribution is 0.00340. The first-order chi connectivity index (χ1) is 7.24. The summed E-state index contributed by atoms with van der Waals surface area (Å²) in [6.45, 7) is 3.83. The molecule has 0 saturated heterocycles. The molecule has 0 fully saturated rings. The highest BCUT2D eigenvalue weighted by atomic mass is 35.5. The Morgan fingerprint density at radius 1 is 1.33 bits per heavy atom. The monoisotopic (exact) mass is 229 g/mol. The first-order valence-corrected chi connectivity index (χ1v) is 5.20. The van der Waals surface area contributed by atoms with Crippen molar-refractivity contribution in [2.45, 2.75) is 13.5 Å². The first kappa shape index (κ1) is 12.5. The van der Waals surface area contributed by atoms with Gasteiger partial charge in [0.25, 0.3) is 0 Å². The van der Waals surface area contributed by atoms with Crippen molar-refractivity contribution < 1.29 is 9.57 Å². The second-order valence-electron chi connectivity index (χ2n) is 3.23. The molecule has 0 bridgehead atoms. The van der Waals surface area contributed by atoms with E-state index < -0.39 is 0 Å². The maximum Gasteiger partial charge on any atom is 0.0916 e. The summed E-state index contributed by atoms with van der Waals surface area (Å²) in [6, 6.07) is 5.80. The SMILES string of the molecule is COCCONCc1ccc(Cl)cc1C. The van der Waals surface area contributed by atoms with E-state index in [1.807, 2.05) is 25.1 Å². The Labute approximate surface area is 95.3 Å². The fraction of sp³-hybridized carbons (Fsp3) is 0.455. The molecule has 0 unspecified atom stereocenters. The zero-order valence-corrected chi connectivity index (χ0v) is 9.80. The van der Waals surface area contributed by atoms with Crippen molar-refractivity contribution in [3.63, 3.8) is 0 Å². The van der Waals surface area contributed by atoms with E-state index in [0.29, 0.717) is 19.8 Å². The molecule has 0 atom stereocenters. The number of aryl methyl sites for hydroxylation is 1. The minimum absolute atomic E-state index is 0.545. The molecule has 0 spiro atoms. The number of hydrogen-bond acceptors (Lipinski definition) is 3. The number of hydroxylamine groups is 1. The third-order valence-corrected chi connectivity index (χ3v) is 2.29. The number of halogens is 1. The Bertz CT molecular complexity index is 305. The summed E-state index contributed by atoms with van der Waals surface area (Å²) in [4.78, 5) is 5.16. The molecular formula is C11H16ClNO2. The van der Waals surface area contributed by atoms with Crippen LogP contribution in [0.2, 0.25) is 5.02 Å². The summed E-state index contributed by atoms with van der Waals surface area (Å²) >= 11 is 5.85. The standard InChI is InChI=1S/C11H16ClNO2/c1-9-7-11(12)4-3-10(9)8-13-15-6-5-14-2/h3-4,7,13H,5-6,8H2,1-2H3. The molecule has 0 saturated carbocycles. The molecule has 3 nitrogen and oxygen atoms in total. The molecule has 0 amide bonds. The van der Waals surface area contributed by atoms with Crippen LogP contribution in [0.25, 0.3) is 0 Å². The molecule has 0 aliphatic heterocycles. The molecule has 4 heteroatoms. The maximum absolute atomic E-state index is 5.85. The van der Waals surface area contributed by atoms with Crippen LogP contribution in [0.4, 0.5) is 0 Å². The fourth-order valence-corrected chi connectivity index (χ4v) is 1.41. The van der Waals surface area contributed by atoms with Gasteiger partial charge in [-0.15, -0.1) is 0 Å². The smallest absolute Gasteiger partial charge is 0.0916 e. The van der Waals surface area contributed by atoms with E-state index in [1.165, 1.54) is 5.56 Å². The van der Waals surface area contributed by atoms with E-state index in [4.69, 9.17) is 21.2 Å². The van der Waals surface area contributed by atoms with Gasteiger partial charge in [0, 0.05) is 18.7 Å². The van der Waals surface area contributed by atoms with E-state index >= 15 is 0 Å². The molecule has 84 valence electrons. The summed E-state index contributed by atoms with van der Waals surface area (Å²) in [5.74, 6) is 0. The Morgan fingerprint density at radius 3 is 2.80 bits per heavy atom. The fourth-order valence-electron chi connectivity index (χ4n) is 1.18. The van der Waals surface area contributed by atoms with Gasteiger partial charge in [0.15, 0.2) is 0 Å². The van der Waals surface area contributed by atoms with Crippen molar-refractivity contribution in [1.29, 1.82) is 0 Å². The van der Waals surface area contributed by atoms with Crippen molar-refractivity contribution >= 4 is 11.6 Å². The third-order valence-electron chi connectivity index (χ3n) is 2.06. The molecule has 0 aromatic heterocycles. The topological polar surface area (TPSA) is 30.5 Å². The predicted octanol–water partition coefficient (Wildman–Crippen LogP) is 2.32. The van der Waals surface area contributed by atoms with E-state index in [-0.39, 0.29) is 0 Å². The minimum Gasteiger partial charge on any atom is -0.382 e. The molecule has 15 heavy (non-hydrogen) atoms. The molecule has 0 aliphatic rings. The van der Waals surface area contributed by atoms with Crippen LogP contribution in [0, 0.1) is 6.92 Å². The molecular weight excluding hydrogens is 214 g/mol. The quantitative estimate of drug-likeness (QED) is 0.600. The normalized spacial score (nSPS) is 10.6. The van der Waals surface area contributed by atoms with E-state index in [9.17, 15) is 0 Å². The number of benzene rings is 1. The zero-order chi connectivity index (χ0) is 11.1. The number of ether oxygens (including phenoxy) is 1. The highest BCUT2D eigenvalue weighted by Crippen LogP contribution is 2.14. The number of methoxy groups -OCH3 is 1. The first-order valence-electron chi connectivity index (χ1n) is 4.82. The lowest BCUT2D eigenvalue weighted by atomic mass is 10.1. The summed E-state index contributed by atoms with van der Waals surface area (Å²) in [5.41, 5.74) is 5.21. The highest BCUT2D eigenvalue weighted by Gasteiger charge is 1.98. The molecule has 0 heterocycles. The average Bonchev–Trinajstić information content (AvgIpc) is 2.20. The van der Waals surface area contributed by atoms with Gasteiger partial charge in [-0.3, -0.25) is 4.84 Å². The molecule has 0 radical (unpaired) electrons. The van der Waals surface area contributed by atoms with Crippen LogP contribution in [0.1, 0.15) is 11.1 Å². The van der Waals surface area contributed by atoms with Crippen molar-refractivity contribution in [3.8, 4) is 0 Å². The minimum atomic E-state index is 0.545. The summed E-state index contributed by atoms with van der Waals surface area (Å²) in [6.07, 6.45) is 0. The Kier molecular flexibility index (Phi) is 5.65. The second kappa shape index (κ2) is 6.80. The van der Waals surface area contributed by atoms with Crippen LogP contribution in [0.15, 0.2) is 18.2 Å². The Balaban J connectivity index is 2.31. The van der Waals surface area contributed by atoms with Crippen molar-refractivity contribution in [3.05, 3.63) is 34.3 Å². The van der Waals surface area contributed by atoms with Crippen LogP contribution < -0.4 is 5.48 Å². The maximum atomic E-state index is 5.85. The number of nitrogens with one attached hydrogen (secondary N) is 1. The van der Waals surface area contributed by atoms with Crippen LogP contribution in [0.5, 0.6) is 0 Å². The molecule has 1 N–H and O–H groups in total. The summed E-state index contributed by atoms with van der Waals surface area (Å²) < 4.78 is 4.85. The summed E-state index contributed by atoms with van der Waals surface area (Å²) in [5, 5.41) is 0.761. The van der Waals surface area contributed by atoms with Crippen LogP contribution in [0.3, 0.4) is 0 Å². The van der Waals surface area contributed by atoms with E-state index in [1.54, 1.807) is 7.11 Å². The number of hydrogen-bond donors (Lipinski definition) is 1. The van der Waals surface area contributed by atoms with Crippen LogP contribution >= 0.6 is 11.6 Å². The largest absolute Gasteiger partial charge is 0.382 e. The molecule has 1 aromatic carbocycles.